The van der Waals surface area contributed by atoms with E-state index in [2.05, 4.69) is 17.1 Å². The van der Waals surface area contributed by atoms with Crippen LogP contribution in [0.5, 0.6) is 0 Å². The van der Waals surface area contributed by atoms with Crippen LogP contribution in [0.4, 0.5) is 0 Å². The van der Waals surface area contributed by atoms with Gasteiger partial charge in [0, 0.05) is 24.5 Å². The van der Waals surface area contributed by atoms with Crippen LogP contribution in [-0.4, -0.2) is 40.1 Å². The van der Waals surface area contributed by atoms with Crippen LogP contribution in [-0.2, 0) is 0 Å². The zero-order chi connectivity index (χ0) is 15.7. The predicted octanol–water partition coefficient (Wildman–Crippen LogP) is 1.54. The van der Waals surface area contributed by atoms with Crippen molar-refractivity contribution in [1.82, 2.24) is 15.1 Å². The number of H-pyrrole nitrogens is 1. The first-order valence-corrected chi connectivity index (χ1v) is 7.62. The summed E-state index contributed by atoms with van der Waals surface area (Å²) in [7, 11) is 0. The fraction of sp³-hybridized carbons (Fsp3) is 0.438. The lowest BCUT2D eigenvalue weighted by atomic mass is 9.90. The number of piperidine rings is 1. The van der Waals surface area contributed by atoms with Gasteiger partial charge in [0.25, 0.3) is 11.5 Å². The van der Waals surface area contributed by atoms with Crippen molar-refractivity contribution >= 4 is 29.1 Å². The molecule has 124 valence electrons. The van der Waals surface area contributed by atoms with Crippen LogP contribution < -0.4 is 11.3 Å². The van der Waals surface area contributed by atoms with Crippen LogP contribution in [0.15, 0.2) is 29.1 Å². The smallest absolute Gasteiger partial charge is 0.275 e. The summed E-state index contributed by atoms with van der Waals surface area (Å²) in [4.78, 5) is 26.6. The Labute approximate surface area is 140 Å². The first-order valence-electron chi connectivity index (χ1n) is 7.62. The molecule has 0 saturated carbocycles. The lowest BCUT2D eigenvalue weighted by Crippen LogP contribution is -2.51. The van der Waals surface area contributed by atoms with Crippen LogP contribution in [0.2, 0.25) is 0 Å². The van der Waals surface area contributed by atoms with E-state index in [1.54, 1.807) is 29.2 Å². The number of hydrogen-bond donors (Lipinski definition) is 2. The summed E-state index contributed by atoms with van der Waals surface area (Å²) in [5, 5.41) is 7.50. The summed E-state index contributed by atoms with van der Waals surface area (Å²) < 4.78 is 0. The standard InChI is InChI=1S/C16H20N4O2.ClH/c1-10-5-4-8-20(13(10)9-17)16(22)14-11-6-2-3-7-12(11)15(21)19-18-14;/h2-3,6-7,10,13H,4-5,8-9,17H2,1H3,(H,19,21);1H. The topological polar surface area (TPSA) is 92.1 Å². The molecule has 2 aromatic rings. The van der Waals surface area contributed by atoms with Crippen molar-refractivity contribution in [2.24, 2.45) is 11.7 Å². The highest BCUT2D eigenvalue weighted by Gasteiger charge is 2.32. The van der Waals surface area contributed by atoms with Gasteiger partial charge in [-0.1, -0.05) is 25.1 Å². The number of carbonyl (C=O) groups excluding carboxylic acids is 1. The van der Waals surface area contributed by atoms with Gasteiger partial charge in [-0.2, -0.15) is 5.10 Å². The Morgan fingerprint density at radius 1 is 1.39 bits per heavy atom. The largest absolute Gasteiger partial charge is 0.333 e. The summed E-state index contributed by atoms with van der Waals surface area (Å²) in [5.41, 5.74) is 5.88. The Kier molecular flexibility index (Phi) is 5.38. The number of rotatable bonds is 2. The molecule has 0 spiro atoms. The molecule has 0 radical (unpaired) electrons. The van der Waals surface area contributed by atoms with Gasteiger partial charge >= 0.3 is 0 Å². The molecule has 7 heteroatoms. The summed E-state index contributed by atoms with van der Waals surface area (Å²) in [6, 6.07) is 7.06. The third-order valence-electron chi connectivity index (χ3n) is 4.52. The Morgan fingerprint density at radius 2 is 2.09 bits per heavy atom. The van der Waals surface area contributed by atoms with E-state index in [1.165, 1.54) is 0 Å². The molecule has 0 bridgehead atoms. The Bertz CT molecular complexity index is 761. The number of nitrogens with two attached hydrogens (primary N) is 1. The lowest BCUT2D eigenvalue weighted by molar-refractivity contribution is 0.0527. The molecular weight excluding hydrogens is 316 g/mol. The Balaban J connectivity index is 0.00000192. The number of aromatic amines is 1. The van der Waals surface area contributed by atoms with Crippen molar-refractivity contribution in [3.8, 4) is 0 Å². The van der Waals surface area contributed by atoms with Crippen molar-refractivity contribution in [3.63, 3.8) is 0 Å². The SMILES string of the molecule is CC1CCCN(C(=O)c2n[nH]c(=O)c3ccccc23)C1CN.Cl. The molecule has 6 nitrogen and oxygen atoms in total. The minimum absolute atomic E-state index is 0. The van der Waals surface area contributed by atoms with Gasteiger partial charge in [-0.15, -0.1) is 12.4 Å². The third-order valence-corrected chi connectivity index (χ3v) is 4.52. The number of carbonyl (C=O) groups is 1. The number of halogens is 1. The highest BCUT2D eigenvalue weighted by Crippen LogP contribution is 2.25. The minimum Gasteiger partial charge on any atom is -0.333 e. The van der Waals surface area contributed by atoms with E-state index in [9.17, 15) is 9.59 Å². The molecule has 2 unspecified atom stereocenters. The maximum absolute atomic E-state index is 12.9. The first kappa shape index (κ1) is 17.4. The van der Waals surface area contributed by atoms with Gasteiger partial charge < -0.3 is 10.6 Å². The summed E-state index contributed by atoms with van der Waals surface area (Å²) in [5.74, 6) is 0.214. The third kappa shape index (κ3) is 3.09. The van der Waals surface area contributed by atoms with E-state index in [4.69, 9.17) is 5.73 Å². The predicted molar refractivity (Wildman–Crippen MR) is 91.9 cm³/mol. The Morgan fingerprint density at radius 3 is 2.78 bits per heavy atom. The first-order chi connectivity index (χ1) is 10.6. The zero-order valence-corrected chi connectivity index (χ0v) is 13.8. The molecule has 2 atom stereocenters. The molecule has 1 aromatic carbocycles. The van der Waals surface area contributed by atoms with Gasteiger partial charge in [0.05, 0.1) is 5.39 Å². The molecule has 1 fully saturated rings. The van der Waals surface area contributed by atoms with Crippen molar-refractivity contribution in [1.29, 1.82) is 0 Å². The van der Waals surface area contributed by atoms with E-state index in [-0.39, 0.29) is 29.9 Å². The molecule has 0 aliphatic carbocycles. The molecule has 1 aromatic heterocycles. The summed E-state index contributed by atoms with van der Waals surface area (Å²) in [6.45, 7) is 3.24. The highest BCUT2D eigenvalue weighted by molar-refractivity contribution is 6.04. The molecule has 1 saturated heterocycles. The number of benzene rings is 1. The van der Waals surface area contributed by atoms with Gasteiger partial charge in [0.2, 0.25) is 0 Å². The second-order valence-electron chi connectivity index (χ2n) is 5.87. The quantitative estimate of drug-likeness (QED) is 0.870. The second kappa shape index (κ2) is 7.10. The molecule has 3 N–H and O–H groups in total. The maximum Gasteiger partial charge on any atom is 0.275 e. The summed E-state index contributed by atoms with van der Waals surface area (Å²) >= 11 is 0. The highest BCUT2D eigenvalue weighted by atomic mass is 35.5. The number of nitrogens with one attached hydrogen (secondary N) is 1. The minimum atomic E-state index is -0.283. The fourth-order valence-electron chi connectivity index (χ4n) is 3.27. The molecule has 1 aliphatic rings. The van der Waals surface area contributed by atoms with Crippen molar-refractivity contribution in [3.05, 3.63) is 40.3 Å². The number of nitrogens with zero attached hydrogens (tertiary/aromatic N) is 2. The van der Waals surface area contributed by atoms with Crippen molar-refractivity contribution in [2.45, 2.75) is 25.8 Å². The molecule has 23 heavy (non-hydrogen) atoms. The van der Waals surface area contributed by atoms with E-state index in [0.29, 0.717) is 35.5 Å². The number of fused-ring (bicyclic) bond motifs is 1. The Hall–Kier alpha value is -1.92. The fourth-order valence-corrected chi connectivity index (χ4v) is 3.27. The van der Waals surface area contributed by atoms with Gasteiger partial charge in [-0.05, 0) is 24.8 Å². The average Bonchev–Trinajstić information content (AvgIpc) is 2.54. The van der Waals surface area contributed by atoms with Gasteiger partial charge in [0.1, 0.15) is 0 Å². The van der Waals surface area contributed by atoms with E-state index in [0.717, 1.165) is 12.8 Å². The lowest BCUT2D eigenvalue weighted by Gasteiger charge is -2.39. The number of amides is 1. The van der Waals surface area contributed by atoms with E-state index < -0.39 is 0 Å². The van der Waals surface area contributed by atoms with Gasteiger partial charge in [-0.25, -0.2) is 5.10 Å². The van der Waals surface area contributed by atoms with Crippen LogP contribution in [0.1, 0.15) is 30.3 Å². The van der Waals surface area contributed by atoms with E-state index in [1.807, 2.05) is 0 Å². The normalized spacial score (nSPS) is 21.0. The van der Waals surface area contributed by atoms with Crippen LogP contribution in [0, 0.1) is 5.92 Å². The monoisotopic (exact) mass is 336 g/mol. The number of aromatic nitrogens is 2. The van der Waals surface area contributed by atoms with Gasteiger partial charge in [-0.3, -0.25) is 9.59 Å². The van der Waals surface area contributed by atoms with Crippen molar-refractivity contribution in [2.75, 3.05) is 13.1 Å². The molecular formula is C16H21ClN4O2. The van der Waals surface area contributed by atoms with Gasteiger partial charge in [0.15, 0.2) is 5.69 Å². The molecule has 1 amide bonds. The molecule has 2 heterocycles. The number of likely N-dealkylation sites (tertiary alicyclic amines) is 1. The zero-order valence-electron chi connectivity index (χ0n) is 13.0. The molecule has 3 rings (SSSR count). The van der Waals surface area contributed by atoms with Crippen LogP contribution in [0.25, 0.3) is 10.8 Å². The average molecular weight is 337 g/mol. The summed E-state index contributed by atoms with van der Waals surface area (Å²) in [6.07, 6.45) is 2.04. The maximum atomic E-state index is 12.9. The van der Waals surface area contributed by atoms with Crippen LogP contribution in [0.3, 0.4) is 0 Å². The second-order valence-corrected chi connectivity index (χ2v) is 5.87. The number of hydrogen-bond acceptors (Lipinski definition) is 4. The molecule has 1 aliphatic heterocycles. The van der Waals surface area contributed by atoms with E-state index >= 15 is 0 Å². The van der Waals surface area contributed by atoms with Crippen molar-refractivity contribution < 1.29 is 4.79 Å². The van der Waals surface area contributed by atoms with Crippen LogP contribution >= 0.6 is 12.4 Å².